The van der Waals surface area contributed by atoms with E-state index < -0.39 is 18.2 Å². The van der Waals surface area contributed by atoms with Crippen LogP contribution in [-0.4, -0.2) is 66.9 Å². The topological polar surface area (TPSA) is 135 Å². The molecule has 2 atom stereocenters. The van der Waals surface area contributed by atoms with Crippen LogP contribution in [0, 0.1) is 11.8 Å². The van der Waals surface area contributed by atoms with Crippen LogP contribution in [0.1, 0.15) is 58.8 Å². The number of esters is 1. The molecule has 2 aromatic heterocycles. The summed E-state index contributed by atoms with van der Waals surface area (Å²) < 4.78 is 23.9. The minimum Gasteiger partial charge on any atom is -0.870 e. The van der Waals surface area contributed by atoms with Gasteiger partial charge in [-0.25, -0.2) is 14.6 Å². The van der Waals surface area contributed by atoms with Crippen LogP contribution in [0.5, 0.6) is 11.5 Å². The SMILES string of the molecule is COc1ccc([C@@H](Cc2c(Cl)c[nH+]cc2Cl)OC(=O)c2ccc(CN(C(=O)O[C@H]3CN4CCC3CC4)c3cccnc3)cc2)cc1OCC1CC1.[OH-]. The molecule has 52 heavy (non-hydrogen) atoms. The minimum atomic E-state index is -0.744. The normalized spacial score (nSPS) is 19.6. The zero-order valence-electron chi connectivity index (χ0n) is 28.9. The number of pyridine rings is 2. The van der Waals surface area contributed by atoms with Crippen molar-refractivity contribution in [3.63, 3.8) is 0 Å². The molecule has 2 N–H and O–H groups in total. The van der Waals surface area contributed by atoms with Crippen LogP contribution in [0.3, 0.4) is 0 Å². The van der Waals surface area contributed by atoms with Crippen molar-refractivity contribution in [2.45, 2.75) is 50.9 Å². The molecular weight excluding hydrogens is 707 g/mol. The summed E-state index contributed by atoms with van der Waals surface area (Å²) in [5.41, 5.74) is 3.14. The van der Waals surface area contributed by atoms with Gasteiger partial charge in [-0.2, -0.15) is 0 Å². The number of H-pyrrole nitrogens is 1. The molecule has 1 amide bonds. The van der Waals surface area contributed by atoms with Crippen molar-refractivity contribution < 1.29 is 39.0 Å². The molecule has 274 valence electrons. The number of carbonyl (C=O) groups excluding carboxylic acids is 2. The van der Waals surface area contributed by atoms with Crippen molar-refractivity contribution in [1.82, 2.24) is 9.88 Å². The smallest absolute Gasteiger partial charge is 0.414 e. The number of nitrogens with zero attached hydrogens (tertiary/aromatic N) is 3. The maximum atomic E-state index is 13.7. The second-order valence-electron chi connectivity index (χ2n) is 13.4. The lowest BCUT2D eigenvalue weighted by molar-refractivity contribution is -0.377. The molecule has 1 aliphatic carbocycles. The molecule has 3 saturated heterocycles. The van der Waals surface area contributed by atoms with Gasteiger partial charge in [-0.1, -0.05) is 41.4 Å². The third-order valence-electron chi connectivity index (χ3n) is 9.92. The number of anilines is 1. The van der Waals surface area contributed by atoms with E-state index in [2.05, 4.69) is 14.9 Å². The van der Waals surface area contributed by atoms with Gasteiger partial charge in [0.25, 0.3) is 0 Å². The van der Waals surface area contributed by atoms with Crippen LogP contribution >= 0.6 is 23.2 Å². The number of nitrogens with one attached hydrogen (secondary N) is 1. The van der Waals surface area contributed by atoms with Crippen molar-refractivity contribution in [1.29, 1.82) is 0 Å². The highest BCUT2D eigenvalue weighted by molar-refractivity contribution is 6.35. The molecule has 2 bridgehead atoms. The fourth-order valence-electron chi connectivity index (χ4n) is 6.72. The molecule has 8 rings (SSSR count). The van der Waals surface area contributed by atoms with Gasteiger partial charge >= 0.3 is 12.1 Å². The first-order valence-corrected chi connectivity index (χ1v) is 18.2. The number of hydrogen-bond donors (Lipinski definition) is 0. The predicted molar refractivity (Wildman–Crippen MR) is 194 cm³/mol. The molecule has 11 nitrogen and oxygen atoms in total. The van der Waals surface area contributed by atoms with Gasteiger partial charge in [0.15, 0.2) is 23.9 Å². The van der Waals surface area contributed by atoms with E-state index in [1.807, 2.05) is 36.4 Å². The van der Waals surface area contributed by atoms with E-state index in [4.69, 9.17) is 42.1 Å². The predicted octanol–water partition coefficient (Wildman–Crippen LogP) is 7.20. The monoisotopic (exact) mass is 748 g/mol. The van der Waals surface area contributed by atoms with E-state index in [1.165, 1.54) is 0 Å². The average molecular weight is 750 g/mol. The molecule has 5 heterocycles. The standard InChI is InChI=1S/C39H40Cl2N4O6.H2O/c1-48-34-11-10-29(17-36(34)49-24-26-4-5-26)35(18-31-32(40)20-43-21-33(31)41)50-38(46)28-8-6-25(7-9-28)22-45(30-3-2-14-42-19-30)39(47)51-37-23-44-15-12-27(37)13-16-44;/h2-3,6-11,14,17,19-21,26-27,35,37H,4-5,12-13,15-16,18,22-24H2,1H3;1H2/t35-,37+;/m1./s1. The number of aromatic amines is 1. The van der Waals surface area contributed by atoms with Crippen molar-refractivity contribution in [2.75, 3.05) is 38.3 Å². The van der Waals surface area contributed by atoms with Gasteiger partial charge in [0.05, 0.1) is 37.7 Å². The van der Waals surface area contributed by atoms with Gasteiger partial charge in [0, 0.05) is 24.7 Å². The number of ether oxygens (including phenoxy) is 4. The Morgan fingerprint density at radius 1 is 1.00 bits per heavy atom. The van der Waals surface area contributed by atoms with Crippen LogP contribution in [0.2, 0.25) is 10.0 Å². The second-order valence-corrected chi connectivity index (χ2v) is 14.3. The Balaban J connectivity index is 0.00000464. The van der Waals surface area contributed by atoms with E-state index in [9.17, 15) is 9.59 Å². The quantitative estimate of drug-likeness (QED) is 0.130. The highest BCUT2D eigenvalue weighted by Gasteiger charge is 2.37. The largest absolute Gasteiger partial charge is 0.870 e. The summed E-state index contributed by atoms with van der Waals surface area (Å²) in [7, 11) is 1.59. The van der Waals surface area contributed by atoms with Crippen LogP contribution in [0.25, 0.3) is 0 Å². The Morgan fingerprint density at radius 3 is 2.38 bits per heavy atom. The second kappa shape index (κ2) is 16.9. The third-order valence-corrected chi connectivity index (χ3v) is 10.6. The van der Waals surface area contributed by atoms with Gasteiger partial charge in [-0.15, -0.1) is 0 Å². The fourth-order valence-corrected chi connectivity index (χ4v) is 7.25. The summed E-state index contributed by atoms with van der Waals surface area (Å²) in [5, 5.41) is 0.855. The number of piperidine rings is 3. The number of hydrogen-bond acceptors (Lipinski definition) is 9. The summed E-state index contributed by atoms with van der Waals surface area (Å²) in [6, 6.07) is 16.2. The minimum absolute atomic E-state index is 0. The maximum Gasteiger partial charge on any atom is 0.414 e. The molecule has 13 heteroatoms. The number of fused-ring (bicyclic) bond motifs is 3. The van der Waals surface area contributed by atoms with E-state index in [-0.39, 0.29) is 24.5 Å². The van der Waals surface area contributed by atoms with Crippen molar-refractivity contribution in [3.05, 3.63) is 112 Å². The van der Waals surface area contributed by atoms with Crippen LogP contribution in [0.15, 0.2) is 79.4 Å². The van der Waals surface area contributed by atoms with Crippen molar-refractivity contribution in [3.8, 4) is 11.5 Å². The first-order valence-electron chi connectivity index (χ1n) is 17.4. The summed E-state index contributed by atoms with van der Waals surface area (Å²) >= 11 is 13.1. The molecule has 0 radical (unpaired) electrons. The van der Waals surface area contributed by atoms with Gasteiger partial charge in [-0.3, -0.25) is 14.8 Å². The molecule has 4 aliphatic rings. The zero-order valence-corrected chi connectivity index (χ0v) is 30.4. The molecule has 4 fully saturated rings. The Bertz CT molecular complexity index is 1820. The molecule has 0 spiro atoms. The van der Waals surface area contributed by atoms with E-state index >= 15 is 0 Å². The molecule has 3 aliphatic heterocycles. The Labute approximate surface area is 313 Å². The van der Waals surface area contributed by atoms with Crippen LogP contribution < -0.4 is 19.4 Å². The van der Waals surface area contributed by atoms with Gasteiger partial charge in [0.1, 0.15) is 22.3 Å². The number of halogens is 2. The lowest BCUT2D eigenvalue weighted by atomic mass is 9.86. The number of carbonyl (C=O) groups is 2. The van der Waals surface area contributed by atoms with Gasteiger partial charge in [0.2, 0.25) is 0 Å². The van der Waals surface area contributed by atoms with Crippen molar-refractivity contribution in [2.24, 2.45) is 11.8 Å². The van der Waals surface area contributed by atoms with E-state index in [0.29, 0.717) is 62.4 Å². The van der Waals surface area contributed by atoms with Crippen LogP contribution in [-0.2, 0) is 22.4 Å². The fraction of sp³-hybridized carbons (Fsp3) is 0.385. The van der Waals surface area contributed by atoms with E-state index in [1.54, 1.807) is 55.0 Å². The van der Waals surface area contributed by atoms with Gasteiger partial charge < -0.3 is 24.4 Å². The zero-order chi connectivity index (χ0) is 35.3. The highest BCUT2D eigenvalue weighted by Crippen LogP contribution is 2.37. The molecular formula is C39H42Cl2N4O7. The first kappa shape index (κ1) is 37.3. The number of amides is 1. The number of benzene rings is 2. The maximum absolute atomic E-state index is 13.7. The van der Waals surface area contributed by atoms with Crippen LogP contribution in [0.4, 0.5) is 10.5 Å². The lowest BCUT2D eigenvalue weighted by Gasteiger charge is -2.44. The summed E-state index contributed by atoms with van der Waals surface area (Å²) in [6.45, 7) is 3.72. The number of aromatic nitrogens is 2. The molecule has 1 saturated carbocycles. The highest BCUT2D eigenvalue weighted by atomic mass is 35.5. The molecule has 0 unspecified atom stereocenters. The summed E-state index contributed by atoms with van der Waals surface area (Å²) in [5.74, 6) is 1.58. The molecule has 2 aromatic carbocycles. The Morgan fingerprint density at radius 2 is 1.75 bits per heavy atom. The first-order chi connectivity index (χ1) is 24.8. The number of methoxy groups -OCH3 is 1. The third kappa shape index (κ3) is 8.95. The summed E-state index contributed by atoms with van der Waals surface area (Å²) in [6.07, 6.45) is 9.91. The van der Waals surface area contributed by atoms with E-state index in [0.717, 1.165) is 50.9 Å². The number of rotatable bonds is 13. The average Bonchev–Trinajstić information content (AvgIpc) is 4.00. The van der Waals surface area contributed by atoms with Crippen molar-refractivity contribution >= 4 is 41.0 Å². The Kier molecular flexibility index (Phi) is 12.2. The molecule has 4 aromatic rings. The lowest BCUT2D eigenvalue weighted by Crippen LogP contribution is -2.53. The Hall–Kier alpha value is -4.42. The van der Waals surface area contributed by atoms with Gasteiger partial charge in [-0.05, 0) is 98.1 Å². The summed E-state index contributed by atoms with van der Waals surface area (Å²) in [4.78, 5) is 38.4.